The van der Waals surface area contributed by atoms with Gasteiger partial charge in [-0.3, -0.25) is 0 Å². The van der Waals surface area contributed by atoms with Crippen LogP contribution >= 0.6 is 0 Å². The van der Waals surface area contributed by atoms with Gasteiger partial charge in [0.15, 0.2) is 6.10 Å². The Bertz CT molecular complexity index is 388. The average molecular weight is 220 g/mol. The molecule has 0 saturated carbocycles. The van der Waals surface area contributed by atoms with Gasteiger partial charge in [-0.2, -0.15) is 0 Å². The molecule has 0 saturated heterocycles. The maximum atomic E-state index is 10.9. The summed E-state index contributed by atoms with van der Waals surface area (Å²) >= 11 is 0. The van der Waals surface area contributed by atoms with Crippen molar-refractivity contribution < 1.29 is 19.0 Å². The Morgan fingerprint density at radius 3 is 2.38 bits per heavy atom. The maximum Gasteiger partial charge on any atom is 0.509 e. The highest BCUT2D eigenvalue weighted by Crippen LogP contribution is 2.20. The van der Waals surface area contributed by atoms with E-state index in [-0.39, 0.29) is 0 Å². The number of hydrogen-bond donors (Lipinski definition) is 0. The molecule has 0 bridgehead atoms. The number of hydrogen-bond acceptors (Lipinski definition) is 4. The molecule has 16 heavy (non-hydrogen) atoms. The first kappa shape index (κ1) is 11.9. The third-order valence-electron chi connectivity index (χ3n) is 1.95. The Hall–Kier alpha value is -2.15. The van der Waals surface area contributed by atoms with Gasteiger partial charge < -0.3 is 14.2 Å². The number of methoxy groups -OCH3 is 2. The van der Waals surface area contributed by atoms with Gasteiger partial charge >= 0.3 is 6.16 Å². The predicted molar refractivity (Wildman–Crippen MR) is 58.1 cm³/mol. The molecule has 0 N–H and O–H groups in total. The highest BCUT2D eigenvalue weighted by Gasteiger charge is 2.14. The minimum absolute atomic E-state index is 0.689. The molecule has 1 aromatic rings. The van der Waals surface area contributed by atoms with E-state index in [4.69, 9.17) is 15.9 Å². The molecule has 0 fully saturated rings. The summed E-state index contributed by atoms with van der Waals surface area (Å²) in [4.78, 5) is 10.9. The highest BCUT2D eigenvalue weighted by molar-refractivity contribution is 5.60. The summed E-state index contributed by atoms with van der Waals surface area (Å²) in [5, 5.41) is 0. The zero-order chi connectivity index (χ0) is 12.0. The van der Waals surface area contributed by atoms with Crippen molar-refractivity contribution in [1.29, 1.82) is 0 Å². The van der Waals surface area contributed by atoms with Gasteiger partial charge in [-0.1, -0.05) is 18.1 Å². The quantitative estimate of drug-likeness (QED) is 0.578. The normalized spacial score (nSPS) is 11.1. The smallest absolute Gasteiger partial charge is 0.497 e. The van der Waals surface area contributed by atoms with Gasteiger partial charge in [-0.15, -0.1) is 6.42 Å². The van der Waals surface area contributed by atoms with Gasteiger partial charge in [0.1, 0.15) is 5.75 Å². The predicted octanol–water partition coefficient (Wildman–Crippen LogP) is 2.15. The molecule has 4 heteroatoms. The van der Waals surface area contributed by atoms with E-state index in [9.17, 15) is 4.79 Å². The van der Waals surface area contributed by atoms with Gasteiger partial charge in [-0.25, -0.2) is 4.79 Å². The van der Waals surface area contributed by atoms with Crippen molar-refractivity contribution in [2.24, 2.45) is 0 Å². The van der Waals surface area contributed by atoms with E-state index in [0.717, 1.165) is 0 Å². The summed E-state index contributed by atoms with van der Waals surface area (Å²) < 4.78 is 14.2. The summed E-state index contributed by atoms with van der Waals surface area (Å²) in [5.41, 5.74) is 0.689. The van der Waals surface area contributed by atoms with E-state index in [1.165, 1.54) is 7.11 Å². The number of rotatable bonds is 3. The first-order valence-electron chi connectivity index (χ1n) is 4.56. The Balaban J connectivity index is 2.79. The highest BCUT2D eigenvalue weighted by atomic mass is 16.7. The summed E-state index contributed by atoms with van der Waals surface area (Å²) in [6.45, 7) is 0. The van der Waals surface area contributed by atoms with E-state index in [0.29, 0.717) is 11.3 Å². The zero-order valence-electron chi connectivity index (χ0n) is 9.10. The number of carbonyl (C=O) groups is 1. The fourth-order valence-corrected chi connectivity index (χ4v) is 1.12. The molecule has 0 aliphatic rings. The van der Waals surface area contributed by atoms with Crippen molar-refractivity contribution in [2.45, 2.75) is 6.10 Å². The molecule has 4 nitrogen and oxygen atoms in total. The van der Waals surface area contributed by atoms with Crippen LogP contribution in [0.5, 0.6) is 5.75 Å². The van der Waals surface area contributed by atoms with Crippen LogP contribution in [-0.4, -0.2) is 20.4 Å². The van der Waals surface area contributed by atoms with Gasteiger partial charge in [0.25, 0.3) is 0 Å². The van der Waals surface area contributed by atoms with Gasteiger partial charge in [-0.05, 0) is 12.1 Å². The standard InChI is InChI=1S/C12H12O4/c1-4-11(16-12(13)15-3)9-5-7-10(14-2)8-6-9/h1,5-8,11H,2-3H3. The molecule has 0 aliphatic carbocycles. The maximum absolute atomic E-state index is 10.9. The van der Waals surface area contributed by atoms with Gasteiger partial charge in [0.05, 0.1) is 14.2 Å². The van der Waals surface area contributed by atoms with Crippen molar-refractivity contribution in [3.63, 3.8) is 0 Å². The Morgan fingerprint density at radius 2 is 1.94 bits per heavy atom. The Kier molecular flexibility index (Phi) is 4.22. The lowest BCUT2D eigenvalue weighted by atomic mass is 10.1. The summed E-state index contributed by atoms with van der Waals surface area (Å²) in [7, 11) is 2.79. The number of benzene rings is 1. The molecule has 1 aromatic carbocycles. The topological polar surface area (TPSA) is 44.8 Å². The third-order valence-corrected chi connectivity index (χ3v) is 1.95. The monoisotopic (exact) mass is 220 g/mol. The molecule has 0 heterocycles. The second-order valence-electron chi connectivity index (χ2n) is 2.89. The lowest BCUT2D eigenvalue weighted by Crippen LogP contribution is -2.09. The van der Waals surface area contributed by atoms with Crippen molar-refractivity contribution in [3.05, 3.63) is 29.8 Å². The van der Waals surface area contributed by atoms with E-state index < -0.39 is 12.3 Å². The van der Waals surface area contributed by atoms with Crippen LogP contribution in [-0.2, 0) is 9.47 Å². The number of ether oxygens (including phenoxy) is 3. The van der Waals surface area contributed by atoms with Crippen LogP contribution in [0.25, 0.3) is 0 Å². The molecule has 0 radical (unpaired) electrons. The fourth-order valence-electron chi connectivity index (χ4n) is 1.12. The van der Waals surface area contributed by atoms with Gasteiger partial charge in [0, 0.05) is 5.56 Å². The first-order valence-corrected chi connectivity index (χ1v) is 4.56. The van der Waals surface area contributed by atoms with E-state index in [1.54, 1.807) is 31.4 Å². The first-order chi connectivity index (χ1) is 7.71. The molecule has 84 valence electrons. The van der Waals surface area contributed by atoms with Gasteiger partial charge in [0.2, 0.25) is 0 Å². The largest absolute Gasteiger partial charge is 0.509 e. The van der Waals surface area contributed by atoms with Crippen LogP contribution in [0, 0.1) is 12.3 Å². The molecule has 0 spiro atoms. The summed E-state index contributed by atoms with van der Waals surface area (Å²) in [5.74, 6) is 3.06. The van der Waals surface area contributed by atoms with Crippen LogP contribution < -0.4 is 4.74 Å². The van der Waals surface area contributed by atoms with Crippen molar-refractivity contribution >= 4 is 6.16 Å². The Labute approximate surface area is 94.1 Å². The van der Waals surface area contributed by atoms with Crippen LogP contribution in [0.15, 0.2) is 24.3 Å². The summed E-state index contributed by atoms with van der Waals surface area (Å²) in [6.07, 6.45) is 3.71. The van der Waals surface area contributed by atoms with Crippen LogP contribution in [0.4, 0.5) is 4.79 Å². The van der Waals surface area contributed by atoms with Crippen LogP contribution in [0.1, 0.15) is 11.7 Å². The van der Waals surface area contributed by atoms with E-state index >= 15 is 0 Å². The minimum atomic E-state index is -0.807. The van der Waals surface area contributed by atoms with Crippen LogP contribution in [0.2, 0.25) is 0 Å². The average Bonchev–Trinajstić information content (AvgIpc) is 2.35. The molecule has 0 amide bonds. The number of terminal acetylenes is 1. The Morgan fingerprint density at radius 1 is 1.31 bits per heavy atom. The lowest BCUT2D eigenvalue weighted by molar-refractivity contribution is 0.0550. The lowest BCUT2D eigenvalue weighted by Gasteiger charge is -2.11. The molecule has 1 unspecified atom stereocenters. The number of carbonyl (C=O) groups excluding carboxylic acids is 1. The molecule has 0 aromatic heterocycles. The van der Waals surface area contributed by atoms with E-state index in [1.807, 2.05) is 0 Å². The third kappa shape index (κ3) is 2.92. The minimum Gasteiger partial charge on any atom is -0.497 e. The molecule has 1 atom stereocenters. The van der Waals surface area contributed by atoms with Crippen molar-refractivity contribution in [2.75, 3.05) is 14.2 Å². The van der Waals surface area contributed by atoms with E-state index in [2.05, 4.69) is 10.7 Å². The molecular weight excluding hydrogens is 208 g/mol. The molecule has 1 rings (SSSR count). The summed E-state index contributed by atoms with van der Waals surface area (Å²) in [6, 6.07) is 6.93. The molecule has 0 aliphatic heterocycles. The molecular formula is C12H12O4. The van der Waals surface area contributed by atoms with Crippen molar-refractivity contribution in [1.82, 2.24) is 0 Å². The SMILES string of the molecule is C#CC(OC(=O)OC)c1ccc(OC)cc1. The second-order valence-corrected chi connectivity index (χ2v) is 2.89. The van der Waals surface area contributed by atoms with Crippen LogP contribution in [0.3, 0.4) is 0 Å². The second kappa shape index (κ2) is 5.66. The zero-order valence-corrected chi connectivity index (χ0v) is 9.10. The fraction of sp³-hybridized carbons (Fsp3) is 0.250. The van der Waals surface area contributed by atoms with Crippen molar-refractivity contribution in [3.8, 4) is 18.1 Å².